The molecule has 0 bridgehead atoms. The van der Waals surface area contributed by atoms with E-state index in [2.05, 4.69) is 15.0 Å². The molecule has 6 heteroatoms. The number of rotatable bonds is 4. The van der Waals surface area contributed by atoms with E-state index < -0.39 is 0 Å². The van der Waals surface area contributed by atoms with Crippen molar-refractivity contribution < 1.29 is 9.53 Å². The summed E-state index contributed by atoms with van der Waals surface area (Å²) < 4.78 is 4.85. The molecule has 0 unspecified atom stereocenters. The zero-order valence-corrected chi connectivity index (χ0v) is 9.58. The second-order valence-electron chi connectivity index (χ2n) is 3.06. The molecule has 2 heterocycles. The highest BCUT2D eigenvalue weighted by molar-refractivity contribution is 7.13. The SMILES string of the molecule is CCOC(=O)Cc1csc(-c2ncc[nH]2)n1. The highest BCUT2D eigenvalue weighted by Gasteiger charge is 2.10. The van der Waals surface area contributed by atoms with Crippen LogP contribution in [0.15, 0.2) is 17.8 Å². The van der Waals surface area contributed by atoms with Crippen molar-refractivity contribution in [3.8, 4) is 10.8 Å². The molecular weight excluding hydrogens is 226 g/mol. The topological polar surface area (TPSA) is 67.9 Å². The molecule has 16 heavy (non-hydrogen) atoms. The molecular formula is C10H11N3O2S. The lowest BCUT2D eigenvalue weighted by Gasteiger charge is -1.97. The van der Waals surface area contributed by atoms with Crippen LogP contribution in [-0.2, 0) is 16.0 Å². The first kappa shape index (κ1) is 10.8. The maximum Gasteiger partial charge on any atom is 0.311 e. The van der Waals surface area contributed by atoms with Crippen molar-refractivity contribution in [2.45, 2.75) is 13.3 Å². The second kappa shape index (κ2) is 4.89. The average Bonchev–Trinajstić information content (AvgIpc) is 2.86. The molecule has 0 saturated heterocycles. The summed E-state index contributed by atoms with van der Waals surface area (Å²) in [7, 11) is 0. The van der Waals surface area contributed by atoms with Crippen LogP contribution in [0.2, 0.25) is 0 Å². The van der Waals surface area contributed by atoms with Gasteiger partial charge >= 0.3 is 5.97 Å². The van der Waals surface area contributed by atoms with Gasteiger partial charge in [-0.15, -0.1) is 11.3 Å². The lowest BCUT2D eigenvalue weighted by molar-refractivity contribution is -0.142. The zero-order valence-electron chi connectivity index (χ0n) is 8.77. The molecule has 0 spiro atoms. The summed E-state index contributed by atoms with van der Waals surface area (Å²) in [5.74, 6) is 0.471. The Bertz CT molecular complexity index is 464. The van der Waals surface area contributed by atoms with Crippen molar-refractivity contribution in [3.05, 3.63) is 23.5 Å². The Morgan fingerprint density at radius 2 is 2.50 bits per heavy atom. The molecule has 2 rings (SSSR count). The Morgan fingerprint density at radius 3 is 3.19 bits per heavy atom. The molecule has 84 valence electrons. The first-order valence-corrected chi connectivity index (χ1v) is 5.77. The molecule has 0 aliphatic heterocycles. The number of ether oxygens (including phenoxy) is 1. The van der Waals surface area contributed by atoms with Crippen LogP contribution in [-0.4, -0.2) is 27.5 Å². The van der Waals surface area contributed by atoms with Crippen molar-refractivity contribution in [3.63, 3.8) is 0 Å². The van der Waals surface area contributed by atoms with Crippen LogP contribution in [0.4, 0.5) is 0 Å². The molecule has 1 N–H and O–H groups in total. The number of thiazole rings is 1. The predicted octanol–water partition coefficient (Wildman–Crippen LogP) is 1.64. The van der Waals surface area contributed by atoms with Gasteiger partial charge in [-0.2, -0.15) is 0 Å². The Hall–Kier alpha value is -1.69. The van der Waals surface area contributed by atoms with Crippen LogP contribution in [0.25, 0.3) is 10.8 Å². The van der Waals surface area contributed by atoms with Crippen LogP contribution in [0, 0.1) is 0 Å². The van der Waals surface area contributed by atoms with Gasteiger partial charge in [-0.1, -0.05) is 0 Å². The summed E-state index contributed by atoms with van der Waals surface area (Å²) >= 11 is 1.45. The van der Waals surface area contributed by atoms with Gasteiger partial charge in [0.25, 0.3) is 0 Å². The highest BCUT2D eigenvalue weighted by Crippen LogP contribution is 2.20. The molecule has 5 nitrogen and oxygen atoms in total. The Morgan fingerprint density at radius 1 is 1.62 bits per heavy atom. The largest absolute Gasteiger partial charge is 0.466 e. The number of aromatic nitrogens is 3. The fraction of sp³-hybridized carbons (Fsp3) is 0.300. The van der Waals surface area contributed by atoms with E-state index in [1.54, 1.807) is 19.3 Å². The van der Waals surface area contributed by atoms with Crippen molar-refractivity contribution in [2.75, 3.05) is 6.61 Å². The predicted molar refractivity (Wildman–Crippen MR) is 60.0 cm³/mol. The van der Waals surface area contributed by atoms with Crippen LogP contribution < -0.4 is 0 Å². The lowest BCUT2D eigenvalue weighted by Crippen LogP contribution is -2.07. The van der Waals surface area contributed by atoms with Crippen molar-refractivity contribution >= 4 is 17.3 Å². The van der Waals surface area contributed by atoms with Crippen LogP contribution in [0.3, 0.4) is 0 Å². The fourth-order valence-electron chi connectivity index (χ4n) is 1.24. The average molecular weight is 237 g/mol. The first-order valence-electron chi connectivity index (χ1n) is 4.89. The standard InChI is InChI=1S/C10H11N3O2S/c1-2-15-8(14)5-7-6-16-10(13-7)9-11-3-4-12-9/h3-4,6H,2,5H2,1H3,(H,11,12). The summed E-state index contributed by atoms with van der Waals surface area (Å²) in [6, 6.07) is 0. The third-order valence-electron chi connectivity index (χ3n) is 1.88. The smallest absolute Gasteiger partial charge is 0.311 e. The number of hydrogen-bond acceptors (Lipinski definition) is 5. The summed E-state index contributed by atoms with van der Waals surface area (Å²) in [6.45, 7) is 2.18. The number of hydrogen-bond donors (Lipinski definition) is 1. The van der Waals surface area contributed by atoms with E-state index >= 15 is 0 Å². The Labute approximate surface area is 96.5 Å². The quantitative estimate of drug-likeness (QED) is 0.821. The summed E-state index contributed by atoms with van der Waals surface area (Å²) in [5, 5.41) is 2.62. The normalized spacial score (nSPS) is 10.3. The van der Waals surface area contributed by atoms with Gasteiger partial charge in [-0.25, -0.2) is 9.97 Å². The van der Waals surface area contributed by atoms with Crippen molar-refractivity contribution in [2.24, 2.45) is 0 Å². The van der Waals surface area contributed by atoms with E-state index in [0.29, 0.717) is 6.61 Å². The number of H-pyrrole nitrogens is 1. The molecule has 0 atom stereocenters. The second-order valence-corrected chi connectivity index (χ2v) is 3.92. The molecule has 0 aliphatic carbocycles. The van der Waals surface area contributed by atoms with E-state index in [1.165, 1.54) is 11.3 Å². The fourth-order valence-corrected chi connectivity index (χ4v) is 2.02. The Balaban J connectivity index is 2.06. The number of imidazole rings is 1. The monoisotopic (exact) mass is 237 g/mol. The van der Waals surface area contributed by atoms with Gasteiger partial charge in [0, 0.05) is 17.8 Å². The minimum atomic E-state index is -0.251. The minimum absolute atomic E-state index is 0.213. The number of aromatic amines is 1. The number of carbonyl (C=O) groups is 1. The number of carbonyl (C=O) groups excluding carboxylic acids is 1. The zero-order chi connectivity index (χ0) is 11.4. The third kappa shape index (κ3) is 2.46. The van der Waals surface area contributed by atoms with Gasteiger partial charge in [-0.3, -0.25) is 4.79 Å². The van der Waals surface area contributed by atoms with Crippen LogP contribution >= 0.6 is 11.3 Å². The molecule has 0 radical (unpaired) electrons. The molecule has 0 amide bonds. The van der Waals surface area contributed by atoms with E-state index in [1.807, 2.05) is 5.38 Å². The molecule has 0 aromatic carbocycles. The van der Waals surface area contributed by atoms with E-state index in [-0.39, 0.29) is 12.4 Å². The molecule has 2 aromatic heterocycles. The highest BCUT2D eigenvalue weighted by atomic mass is 32.1. The molecule has 0 aliphatic rings. The first-order chi connectivity index (χ1) is 7.79. The van der Waals surface area contributed by atoms with Gasteiger partial charge in [0.2, 0.25) is 0 Å². The lowest BCUT2D eigenvalue weighted by atomic mass is 10.3. The summed E-state index contributed by atoms with van der Waals surface area (Å²) in [6.07, 6.45) is 3.62. The van der Waals surface area contributed by atoms with Crippen LogP contribution in [0.1, 0.15) is 12.6 Å². The van der Waals surface area contributed by atoms with Crippen molar-refractivity contribution in [1.82, 2.24) is 15.0 Å². The molecule has 0 saturated carbocycles. The Kier molecular flexibility index (Phi) is 3.31. The minimum Gasteiger partial charge on any atom is -0.466 e. The van der Waals surface area contributed by atoms with Crippen molar-refractivity contribution in [1.29, 1.82) is 0 Å². The van der Waals surface area contributed by atoms with E-state index in [9.17, 15) is 4.79 Å². The summed E-state index contributed by atoms with van der Waals surface area (Å²) in [5.41, 5.74) is 0.717. The molecule has 0 fully saturated rings. The molecule has 2 aromatic rings. The number of esters is 1. The van der Waals surface area contributed by atoms with E-state index in [0.717, 1.165) is 16.5 Å². The van der Waals surface area contributed by atoms with E-state index in [4.69, 9.17) is 4.74 Å². The van der Waals surface area contributed by atoms with Crippen LogP contribution in [0.5, 0.6) is 0 Å². The van der Waals surface area contributed by atoms with Gasteiger partial charge < -0.3 is 9.72 Å². The van der Waals surface area contributed by atoms with Gasteiger partial charge in [0.15, 0.2) is 10.8 Å². The summed E-state index contributed by atoms with van der Waals surface area (Å²) in [4.78, 5) is 22.6. The van der Waals surface area contributed by atoms with Gasteiger partial charge in [-0.05, 0) is 6.92 Å². The maximum absolute atomic E-state index is 11.2. The number of nitrogens with zero attached hydrogens (tertiary/aromatic N) is 2. The number of nitrogens with one attached hydrogen (secondary N) is 1. The van der Waals surface area contributed by atoms with Gasteiger partial charge in [0.1, 0.15) is 0 Å². The van der Waals surface area contributed by atoms with Gasteiger partial charge in [0.05, 0.1) is 18.7 Å². The third-order valence-corrected chi connectivity index (χ3v) is 2.78. The maximum atomic E-state index is 11.2.